The second-order valence-electron chi connectivity index (χ2n) is 3.57. The predicted octanol–water partition coefficient (Wildman–Crippen LogP) is 3.79. The van der Waals surface area contributed by atoms with Gasteiger partial charge in [-0.05, 0) is 24.1 Å². The van der Waals surface area contributed by atoms with Crippen LogP contribution in [0.1, 0.15) is 5.56 Å². The van der Waals surface area contributed by atoms with Crippen LogP contribution in [0.2, 0.25) is 10.3 Å². The Morgan fingerprint density at radius 2 is 2.11 bits per heavy atom. The van der Waals surface area contributed by atoms with Gasteiger partial charge < -0.3 is 4.74 Å². The fraction of sp³-hybridized carbons (Fsp3) is 0.0909. The maximum Gasteiger partial charge on any atom is 0.311 e. The third-order valence-electron chi connectivity index (χ3n) is 2.27. The molecule has 0 aliphatic heterocycles. The molecule has 1 aromatic heterocycles. The summed E-state index contributed by atoms with van der Waals surface area (Å²) in [4.78, 5) is 17.9. The number of nitro benzene ring substituents is 1. The Bertz CT molecular complexity index is 649. The van der Waals surface area contributed by atoms with Crippen LogP contribution < -0.4 is 4.74 Å². The van der Waals surface area contributed by atoms with Crippen LogP contribution in [0.5, 0.6) is 11.6 Å². The van der Waals surface area contributed by atoms with Gasteiger partial charge in [0, 0.05) is 6.07 Å². The average Bonchev–Trinajstić information content (AvgIpc) is 2.35. The van der Waals surface area contributed by atoms with Gasteiger partial charge in [0.2, 0.25) is 16.9 Å². The monoisotopic (exact) mass is 299 g/mol. The van der Waals surface area contributed by atoms with Gasteiger partial charge in [-0.2, -0.15) is 4.98 Å². The summed E-state index contributed by atoms with van der Waals surface area (Å²) in [7, 11) is 0. The van der Waals surface area contributed by atoms with E-state index < -0.39 is 4.92 Å². The molecular formula is C11H7Cl2N3O3. The van der Waals surface area contributed by atoms with Crippen molar-refractivity contribution in [3.05, 3.63) is 50.4 Å². The summed E-state index contributed by atoms with van der Waals surface area (Å²) < 4.78 is 5.40. The Morgan fingerprint density at radius 1 is 1.37 bits per heavy atom. The quantitative estimate of drug-likeness (QED) is 0.489. The second kappa shape index (κ2) is 5.38. The molecule has 0 spiro atoms. The highest BCUT2D eigenvalue weighted by Gasteiger charge is 2.19. The van der Waals surface area contributed by atoms with E-state index in [0.717, 1.165) is 0 Å². The fourth-order valence-corrected chi connectivity index (χ4v) is 1.67. The van der Waals surface area contributed by atoms with E-state index in [1.54, 1.807) is 19.1 Å². The molecule has 2 rings (SSSR count). The molecule has 0 aliphatic carbocycles. The molecule has 0 atom stereocenters. The lowest BCUT2D eigenvalue weighted by atomic mass is 10.2. The van der Waals surface area contributed by atoms with Crippen molar-refractivity contribution in [2.45, 2.75) is 6.92 Å². The summed E-state index contributed by atoms with van der Waals surface area (Å²) in [6.07, 6.45) is 1.26. The highest BCUT2D eigenvalue weighted by Crippen LogP contribution is 2.36. The largest absolute Gasteiger partial charge is 0.430 e. The minimum absolute atomic E-state index is 0.0286. The number of nitrogens with zero attached hydrogens (tertiary/aromatic N) is 3. The first-order valence-electron chi connectivity index (χ1n) is 5.09. The smallest absolute Gasteiger partial charge is 0.311 e. The predicted molar refractivity (Wildman–Crippen MR) is 70.0 cm³/mol. The molecule has 0 bridgehead atoms. The van der Waals surface area contributed by atoms with Crippen molar-refractivity contribution < 1.29 is 9.66 Å². The molecule has 0 saturated carbocycles. The Labute approximate surface area is 118 Å². The number of rotatable bonds is 3. The van der Waals surface area contributed by atoms with Crippen molar-refractivity contribution in [2.75, 3.05) is 0 Å². The summed E-state index contributed by atoms with van der Waals surface area (Å²) in [5, 5.41) is 11.0. The molecule has 0 N–H and O–H groups in total. The number of benzene rings is 1. The van der Waals surface area contributed by atoms with Crippen LogP contribution in [0.25, 0.3) is 0 Å². The number of para-hydroxylation sites is 1. The minimum atomic E-state index is -0.543. The van der Waals surface area contributed by atoms with Gasteiger partial charge in [-0.3, -0.25) is 10.1 Å². The maximum absolute atomic E-state index is 10.9. The molecule has 2 aromatic rings. The van der Waals surface area contributed by atoms with Gasteiger partial charge in [-0.25, -0.2) is 4.98 Å². The van der Waals surface area contributed by atoms with E-state index in [4.69, 9.17) is 27.9 Å². The van der Waals surface area contributed by atoms with Gasteiger partial charge in [0.05, 0.1) is 11.1 Å². The SMILES string of the molecule is Cc1cccc([N+](=O)[O-])c1Oc1nc(Cl)ncc1Cl. The van der Waals surface area contributed by atoms with E-state index >= 15 is 0 Å². The van der Waals surface area contributed by atoms with Crippen LogP contribution in [0.3, 0.4) is 0 Å². The van der Waals surface area contributed by atoms with E-state index in [2.05, 4.69) is 9.97 Å². The van der Waals surface area contributed by atoms with Crippen LogP contribution in [0.15, 0.2) is 24.4 Å². The van der Waals surface area contributed by atoms with E-state index in [9.17, 15) is 10.1 Å². The summed E-state index contributed by atoms with van der Waals surface area (Å²) in [5.41, 5.74) is 0.408. The molecular weight excluding hydrogens is 293 g/mol. The third kappa shape index (κ3) is 2.91. The first-order valence-corrected chi connectivity index (χ1v) is 5.84. The zero-order chi connectivity index (χ0) is 14.0. The molecule has 1 aromatic carbocycles. The van der Waals surface area contributed by atoms with Crippen LogP contribution in [-0.2, 0) is 0 Å². The van der Waals surface area contributed by atoms with E-state index in [0.29, 0.717) is 5.56 Å². The van der Waals surface area contributed by atoms with Crippen LogP contribution in [-0.4, -0.2) is 14.9 Å². The summed E-state index contributed by atoms with van der Waals surface area (Å²) in [6, 6.07) is 4.58. The maximum atomic E-state index is 10.9. The van der Waals surface area contributed by atoms with Crippen LogP contribution in [0.4, 0.5) is 5.69 Å². The molecule has 0 unspecified atom stereocenters. The topological polar surface area (TPSA) is 78.2 Å². The highest BCUT2D eigenvalue weighted by atomic mass is 35.5. The number of aryl methyl sites for hydroxylation is 1. The van der Waals surface area contributed by atoms with Crippen LogP contribution >= 0.6 is 23.2 Å². The second-order valence-corrected chi connectivity index (χ2v) is 4.32. The first-order chi connectivity index (χ1) is 8.99. The standard InChI is InChI=1S/C11H7Cl2N3O3/c1-6-3-2-4-8(16(17)18)9(6)19-10-7(12)5-14-11(13)15-10/h2-5H,1H3. The summed E-state index contributed by atoms with van der Waals surface area (Å²) in [5.74, 6) is 0.0447. The number of hydrogen-bond acceptors (Lipinski definition) is 5. The van der Waals surface area contributed by atoms with Gasteiger partial charge in [0.25, 0.3) is 0 Å². The number of hydrogen-bond donors (Lipinski definition) is 0. The molecule has 19 heavy (non-hydrogen) atoms. The Hall–Kier alpha value is -1.92. The van der Waals surface area contributed by atoms with E-state index in [1.165, 1.54) is 12.3 Å². The number of ether oxygens (including phenoxy) is 1. The van der Waals surface area contributed by atoms with E-state index in [-0.39, 0.29) is 27.6 Å². The molecule has 0 aliphatic rings. The van der Waals surface area contributed by atoms with Crippen molar-refractivity contribution >= 4 is 28.9 Å². The van der Waals surface area contributed by atoms with Crippen molar-refractivity contribution in [3.63, 3.8) is 0 Å². The van der Waals surface area contributed by atoms with Gasteiger partial charge in [-0.1, -0.05) is 23.7 Å². The molecule has 0 amide bonds. The number of halogens is 2. The van der Waals surface area contributed by atoms with Gasteiger partial charge in [0.15, 0.2) is 0 Å². The van der Waals surface area contributed by atoms with Crippen molar-refractivity contribution in [1.82, 2.24) is 9.97 Å². The average molecular weight is 300 g/mol. The Kier molecular flexibility index (Phi) is 3.82. The zero-order valence-corrected chi connectivity index (χ0v) is 11.1. The zero-order valence-electron chi connectivity index (χ0n) is 9.63. The number of aromatic nitrogens is 2. The number of nitro groups is 1. The van der Waals surface area contributed by atoms with Crippen molar-refractivity contribution in [1.29, 1.82) is 0 Å². The van der Waals surface area contributed by atoms with Gasteiger partial charge >= 0.3 is 5.69 Å². The van der Waals surface area contributed by atoms with Gasteiger partial charge in [0.1, 0.15) is 5.02 Å². The molecule has 1 heterocycles. The van der Waals surface area contributed by atoms with Gasteiger partial charge in [-0.15, -0.1) is 0 Å². The minimum Gasteiger partial charge on any atom is -0.430 e. The first kappa shape index (κ1) is 13.5. The Morgan fingerprint density at radius 3 is 2.79 bits per heavy atom. The fourth-order valence-electron chi connectivity index (χ4n) is 1.41. The lowest BCUT2D eigenvalue weighted by Gasteiger charge is -2.09. The van der Waals surface area contributed by atoms with Crippen molar-refractivity contribution in [3.8, 4) is 11.6 Å². The highest BCUT2D eigenvalue weighted by molar-refractivity contribution is 6.32. The lowest BCUT2D eigenvalue weighted by Crippen LogP contribution is -1.98. The molecule has 98 valence electrons. The summed E-state index contributed by atoms with van der Waals surface area (Å²) >= 11 is 11.5. The summed E-state index contributed by atoms with van der Waals surface area (Å²) in [6.45, 7) is 1.68. The lowest BCUT2D eigenvalue weighted by molar-refractivity contribution is -0.385. The normalized spacial score (nSPS) is 10.3. The Balaban J connectivity index is 2.49. The molecule has 0 radical (unpaired) electrons. The molecule has 8 heteroatoms. The van der Waals surface area contributed by atoms with E-state index in [1.807, 2.05) is 0 Å². The third-order valence-corrected chi connectivity index (χ3v) is 2.71. The molecule has 0 saturated heterocycles. The van der Waals surface area contributed by atoms with Crippen LogP contribution in [0, 0.1) is 17.0 Å². The molecule has 0 fully saturated rings. The van der Waals surface area contributed by atoms with Crippen molar-refractivity contribution in [2.24, 2.45) is 0 Å². The molecule has 6 nitrogen and oxygen atoms in total.